The van der Waals surface area contributed by atoms with Crippen molar-refractivity contribution >= 4 is 57.7 Å². The summed E-state index contributed by atoms with van der Waals surface area (Å²) >= 11 is 13.2. The van der Waals surface area contributed by atoms with Gasteiger partial charge in [0.2, 0.25) is 6.79 Å². The highest BCUT2D eigenvalue weighted by molar-refractivity contribution is 8.26. The van der Waals surface area contributed by atoms with Crippen molar-refractivity contribution < 1.29 is 14.3 Å². The van der Waals surface area contributed by atoms with E-state index in [1.165, 1.54) is 16.7 Å². The summed E-state index contributed by atoms with van der Waals surface area (Å²) < 4.78 is 12.9. The number of benzene rings is 2. The minimum atomic E-state index is -0.368. The first-order chi connectivity index (χ1) is 19.8. The van der Waals surface area contributed by atoms with Crippen LogP contribution in [0.4, 0.5) is 5.82 Å². The van der Waals surface area contributed by atoms with Crippen LogP contribution >= 0.6 is 35.6 Å². The van der Waals surface area contributed by atoms with Crippen molar-refractivity contribution in [2.45, 2.75) is 46.3 Å². The van der Waals surface area contributed by atoms with Crippen LogP contribution < -0.4 is 20.3 Å². The number of carbonyl (C=O) groups excluding carboxylic acids is 1. The summed E-state index contributed by atoms with van der Waals surface area (Å²) in [5.41, 5.74) is 2.47. The van der Waals surface area contributed by atoms with Crippen LogP contribution in [0.15, 0.2) is 52.2 Å². The SMILES string of the molecule is CCCCn1c(NCc2ccccc2Cl)c(/C=C2/SC(=S)N(Cc3ccc4c(c3)OCO4)C2=O)c(C)c(C#N)c1=O. The molecular weight excluding hydrogens is 580 g/mol. The van der Waals surface area contributed by atoms with E-state index in [1.807, 2.05) is 43.3 Å². The number of ether oxygens (including phenoxy) is 2. The van der Waals surface area contributed by atoms with Gasteiger partial charge in [-0.3, -0.25) is 19.1 Å². The number of nitriles is 1. The maximum absolute atomic E-state index is 13.6. The summed E-state index contributed by atoms with van der Waals surface area (Å²) in [6.45, 7) is 4.97. The van der Waals surface area contributed by atoms with Crippen molar-refractivity contribution in [3.8, 4) is 17.6 Å². The number of carbonyl (C=O) groups is 1. The molecule has 0 aliphatic carbocycles. The molecule has 0 unspecified atom stereocenters. The Hall–Kier alpha value is -3.78. The number of unbranched alkanes of at least 4 members (excludes halogenated alkanes) is 1. The normalized spacial score (nSPS) is 15.1. The Bertz CT molecular complexity index is 1680. The van der Waals surface area contributed by atoms with E-state index in [4.69, 9.17) is 33.3 Å². The van der Waals surface area contributed by atoms with Gasteiger partial charge in [0.05, 0.1) is 11.4 Å². The van der Waals surface area contributed by atoms with Crippen molar-refractivity contribution in [1.82, 2.24) is 9.47 Å². The Morgan fingerprint density at radius 1 is 1.20 bits per heavy atom. The van der Waals surface area contributed by atoms with Crippen LogP contribution in [-0.2, 0) is 24.4 Å². The third-order valence-corrected chi connectivity index (χ3v) is 8.69. The van der Waals surface area contributed by atoms with Gasteiger partial charge >= 0.3 is 0 Å². The fraction of sp³-hybridized carbons (Fsp3) is 0.267. The van der Waals surface area contributed by atoms with E-state index in [2.05, 4.69) is 11.4 Å². The third kappa shape index (κ3) is 5.84. The number of pyridine rings is 1. The van der Waals surface area contributed by atoms with Crippen LogP contribution in [0, 0.1) is 18.3 Å². The average molecular weight is 607 g/mol. The number of amides is 1. The van der Waals surface area contributed by atoms with Gasteiger partial charge in [-0.05, 0) is 54.3 Å². The molecule has 1 N–H and O–H groups in total. The molecule has 0 bridgehead atoms. The second-order valence-electron chi connectivity index (χ2n) is 9.58. The first-order valence-electron chi connectivity index (χ1n) is 13.1. The topological polar surface area (TPSA) is 96.6 Å². The molecule has 0 atom stereocenters. The summed E-state index contributed by atoms with van der Waals surface area (Å²) in [6.07, 6.45) is 3.33. The number of fused-ring (bicyclic) bond motifs is 1. The number of thiocarbonyl (C=S) groups is 1. The monoisotopic (exact) mass is 606 g/mol. The Kier molecular flexibility index (Phi) is 8.68. The zero-order valence-corrected chi connectivity index (χ0v) is 24.9. The van der Waals surface area contributed by atoms with E-state index in [9.17, 15) is 14.9 Å². The molecule has 0 radical (unpaired) electrons. The molecule has 8 nitrogen and oxygen atoms in total. The molecule has 3 heterocycles. The summed E-state index contributed by atoms with van der Waals surface area (Å²) in [6, 6.07) is 15.1. The second kappa shape index (κ2) is 12.4. The highest BCUT2D eigenvalue weighted by Crippen LogP contribution is 2.38. The first-order valence-corrected chi connectivity index (χ1v) is 14.7. The largest absolute Gasteiger partial charge is 0.454 e. The van der Waals surface area contributed by atoms with Crippen LogP contribution in [0.1, 0.15) is 47.6 Å². The number of hydrogen-bond donors (Lipinski definition) is 1. The highest BCUT2D eigenvalue weighted by atomic mass is 35.5. The van der Waals surface area contributed by atoms with Gasteiger partial charge in [-0.15, -0.1) is 0 Å². The van der Waals surface area contributed by atoms with Crippen molar-refractivity contribution in [3.63, 3.8) is 0 Å². The molecule has 0 saturated carbocycles. The minimum absolute atomic E-state index is 0.0477. The standard InChI is InChI=1S/C30H27ClN4O4S2/c1-3-4-11-34-27(33-15-20-7-5-6-8-23(20)31)21(18(2)22(14-32)28(34)36)13-26-29(37)35(30(40)41-26)16-19-9-10-24-25(12-19)39-17-38-24/h5-10,12-13,33H,3-4,11,15-17H2,1-2H3/b26-13+. The maximum atomic E-state index is 13.6. The molecular formula is C30H27ClN4O4S2. The van der Waals surface area contributed by atoms with Crippen molar-refractivity contribution in [2.75, 3.05) is 12.1 Å². The van der Waals surface area contributed by atoms with Crippen molar-refractivity contribution in [1.29, 1.82) is 5.26 Å². The second-order valence-corrected chi connectivity index (χ2v) is 11.7. The lowest BCUT2D eigenvalue weighted by Gasteiger charge is -2.20. The lowest BCUT2D eigenvalue weighted by molar-refractivity contribution is -0.122. The molecule has 5 rings (SSSR count). The zero-order valence-electron chi connectivity index (χ0n) is 22.5. The van der Waals surface area contributed by atoms with Gasteiger partial charge in [0.15, 0.2) is 11.5 Å². The predicted octanol–water partition coefficient (Wildman–Crippen LogP) is 6.22. The van der Waals surface area contributed by atoms with E-state index < -0.39 is 0 Å². The predicted molar refractivity (Wildman–Crippen MR) is 165 cm³/mol. The summed E-state index contributed by atoms with van der Waals surface area (Å²) in [5.74, 6) is 1.57. The van der Waals surface area contributed by atoms with Crippen LogP contribution in [0.3, 0.4) is 0 Å². The van der Waals surface area contributed by atoms with E-state index in [0.29, 0.717) is 55.8 Å². The van der Waals surface area contributed by atoms with Crippen LogP contribution in [0.2, 0.25) is 5.02 Å². The summed E-state index contributed by atoms with van der Waals surface area (Å²) in [4.78, 5) is 28.9. The maximum Gasteiger partial charge on any atom is 0.270 e. The number of anilines is 1. The number of hydrogen-bond acceptors (Lipinski definition) is 8. The molecule has 1 saturated heterocycles. The molecule has 1 aromatic heterocycles. The first kappa shape index (κ1) is 28.7. The lowest BCUT2D eigenvalue weighted by atomic mass is 10.0. The Morgan fingerprint density at radius 2 is 1.98 bits per heavy atom. The molecule has 210 valence electrons. The van der Waals surface area contributed by atoms with Crippen LogP contribution in [-0.4, -0.2) is 26.5 Å². The van der Waals surface area contributed by atoms with Gasteiger partial charge in [-0.1, -0.05) is 73.2 Å². The summed E-state index contributed by atoms with van der Waals surface area (Å²) in [7, 11) is 0. The van der Waals surface area contributed by atoms with E-state index >= 15 is 0 Å². The number of nitrogens with zero attached hydrogens (tertiary/aromatic N) is 3. The van der Waals surface area contributed by atoms with Crippen molar-refractivity contribution in [3.05, 3.63) is 90.6 Å². The fourth-order valence-corrected chi connectivity index (χ4v) is 6.13. The van der Waals surface area contributed by atoms with Gasteiger partial charge < -0.3 is 14.8 Å². The fourth-order valence-electron chi connectivity index (χ4n) is 4.69. The molecule has 0 spiro atoms. The van der Waals surface area contributed by atoms with E-state index in [-0.39, 0.29) is 30.4 Å². The Morgan fingerprint density at radius 3 is 2.73 bits per heavy atom. The van der Waals surface area contributed by atoms with Crippen molar-refractivity contribution in [2.24, 2.45) is 0 Å². The number of halogens is 1. The number of rotatable bonds is 9. The quantitative estimate of drug-likeness (QED) is 0.226. The molecule has 1 amide bonds. The van der Waals surface area contributed by atoms with Gasteiger partial charge in [-0.2, -0.15) is 5.26 Å². The Balaban J connectivity index is 1.53. The smallest absolute Gasteiger partial charge is 0.270 e. The number of thioether (sulfide) groups is 1. The molecule has 3 aromatic rings. The average Bonchev–Trinajstić information content (AvgIpc) is 3.53. The number of aromatic nitrogens is 1. The highest BCUT2D eigenvalue weighted by Gasteiger charge is 2.33. The van der Waals surface area contributed by atoms with Gasteiger partial charge in [0, 0.05) is 23.7 Å². The Labute approximate surface area is 252 Å². The lowest BCUT2D eigenvalue weighted by Crippen LogP contribution is -2.28. The van der Waals surface area contributed by atoms with Crippen LogP contribution in [0.5, 0.6) is 11.5 Å². The van der Waals surface area contributed by atoms with Gasteiger partial charge in [0.1, 0.15) is 21.8 Å². The number of nitrogens with one attached hydrogen (secondary N) is 1. The molecule has 41 heavy (non-hydrogen) atoms. The third-order valence-electron chi connectivity index (χ3n) is 6.94. The van der Waals surface area contributed by atoms with Gasteiger partial charge in [0.25, 0.3) is 11.5 Å². The minimum Gasteiger partial charge on any atom is -0.454 e. The van der Waals surface area contributed by atoms with E-state index in [1.54, 1.807) is 23.6 Å². The van der Waals surface area contributed by atoms with E-state index in [0.717, 1.165) is 24.0 Å². The molecule has 11 heteroatoms. The molecule has 2 aliphatic heterocycles. The van der Waals surface area contributed by atoms with Gasteiger partial charge in [-0.25, -0.2) is 0 Å². The summed E-state index contributed by atoms with van der Waals surface area (Å²) in [5, 5.41) is 13.9. The molecule has 2 aliphatic rings. The molecule has 2 aromatic carbocycles. The molecule has 1 fully saturated rings. The zero-order chi connectivity index (χ0) is 29.1. The van der Waals surface area contributed by atoms with Crippen LogP contribution in [0.25, 0.3) is 6.08 Å².